The Morgan fingerprint density at radius 3 is 2.48 bits per heavy atom. The number of rotatable bonds is 7. The summed E-state index contributed by atoms with van der Waals surface area (Å²) >= 11 is 0. The zero-order valence-electron chi connectivity index (χ0n) is 13.3. The second kappa shape index (κ2) is 7.49. The maximum absolute atomic E-state index is 14.4. The molecule has 0 aromatic heterocycles. The third-order valence-corrected chi connectivity index (χ3v) is 4.17. The quantitative estimate of drug-likeness (QED) is 0.774. The first-order valence-electron chi connectivity index (χ1n) is 7.17. The van der Waals surface area contributed by atoms with Crippen LogP contribution in [0.3, 0.4) is 0 Å². The Morgan fingerprint density at radius 2 is 1.92 bits per heavy atom. The standard InChI is InChI=1S/C16H17FN2O5S/c1-11-7-13(17)16(19(9-15(20)21)25(18,22)23)14(8-11)24-10-12-5-3-2-4-6-12/h2-8H,9-10H2,1H3,(H,20,21)(H2,18,22,23). The summed E-state index contributed by atoms with van der Waals surface area (Å²) in [6.07, 6.45) is 0. The summed E-state index contributed by atoms with van der Waals surface area (Å²) in [4.78, 5) is 11.0. The van der Waals surface area contributed by atoms with Crippen LogP contribution in [-0.2, 0) is 21.6 Å². The molecular weight excluding hydrogens is 351 g/mol. The molecule has 0 saturated carbocycles. The second-order valence-electron chi connectivity index (χ2n) is 5.31. The number of aliphatic carboxylic acids is 1. The average Bonchev–Trinajstić information content (AvgIpc) is 2.50. The van der Waals surface area contributed by atoms with Crippen molar-refractivity contribution >= 4 is 21.9 Å². The molecule has 0 heterocycles. The first-order chi connectivity index (χ1) is 11.7. The molecule has 0 saturated heterocycles. The van der Waals surface area contributed by atoms with Crippen molar-refractivity contribution in [3.8, 4) is 5.75 Å². The number of nitrogens with zero attached hydrogens (tertiary/aromatic N) is 1. The number of hydrogen-bond donors (Lipinski definition) is 2. The summed E-state index contributed by atoms with van der Waals surface area (Å²) in [5.74, 6) is -2.54. The monoisotopic (exact) mass is 368 g/mol. The SMILES string of the molecule is Cc1cc(F)c(N(CC(=O)O)S(N)(=O)=O)c(OCc2ccccc2)c1. The summed E-state index contributed by atoms with van der Waals surface area (Å²) in [7, 11) is -4.52. The first-order valence-corrected chi connectivity index (χ1v) is 8.68. The van der Waals surface area contributed by atoms with Crippen molar-refractivity contribution in [3.63, 3.8) is 0 Å². The number of benzene rings is 2. The predicted molar refractivity (Wildman–Crippen MR) is 90.0 cm³/mol. The number of halogens is 1. The molecule has 25 heavy (non-hydrogen) atoms. The predicted octanol–water partition coefficient (Wildman–Crippen LogP) is 1.81. The maximum atomic E-state index is 14.4. The molecule has 0 bridgehead atoms. The Bertz CT molecular complexity index is 872. The summed E-state index contributed by atoms with van der Waals surface area (Å²) in [6.45, 7) is 0.615. The smallest absolute Gasteiger partial charge is 0.324 e. The van der Waals surface area contributed by atoms with E-state index in [2.05, 4.69) is 0 Å². The molecule has 0 unspecified atom stereocenters. The zero-order chi connectivity index (χ0) is 18.6. The van der Waals surface area contributed by atoms with Crippen molar-refractivity contribution in [2.75, 3.05) is 10.8 Å². The molecule has 2 aromatic carbocycles. The normalized spacial score (nSPS) is 11.2. The Morgan fingerprint density at radius 1 is 1.28 bits per heavy atom. The summed E-state index contributed by atoms with van der Waals surface area (Å²) in [6, 6.07) is 11.4. The van der Waals surface area contributed by atoms with Crippen LogP contribution >= 0.6 is 0 Å². The van der Waals surface area contributed by atoms with Gasteiger partial charge in [0.15, 0.2) is 5.82 Å². The van der Waals surface area contributed by atoms with E-state index in [1.165, 1.54) is 6.07 Å². The number of carbonyl (C=O) groups is 1. The lowest BCUT2D eigenvalue weighted by Crippen LogP contribution is -2.41. The fourth-order valence-corrected chi connectivity index (χ4v) is 2.93. The highest BCUT2D eigenvalue weighted by Gasteiger charge is 2.28. The van der Waals surface area contributed by atoms with Gasteiger partial charge in [0.2, 0.25) is 0 Å². The third-order valence-electron chi connectivity index (χ3n) is 3.25. The molecule has 0 aliphatic rings. The van der Waals surface area contributed by atoms with Crippen molar-refractivity contribution in [3.05, 3.63) is 59.4 Å². The van der Waals surface area contributed by atoms with Crippen LogP contribution in [0.25, 0.3) is 0 Å². The van der Waals surface area contributed by atoms with Crippen molar-refractivity contribution < 1.29 is 27.4 Å². The van der Waals surface area contributed by atoms with Crippen LogP contribution in [-0.4, -0.2) is 26.0 Å². The van der Waals surface area contributed by atoms with Gasteiger partial charge in [-0.15, -0.1) is 0 Å². The molecule has 2 rings (SSSR count). The number of aryl methyl sites for hydroxylation is 1. The highest BCUT2D eigenvalue weighted by atomic mass is 32.2. The summed E-state index contributed by atoms with van der Waals surface area (Å²) in [5.41, 5.74) is 0.719. The Balaban J connectivity index is 2.46. The molecule has 2 aromatic rings. The van der Waals surface area contributed by atoms with E-state index in [4.69, 9.17) is 15.0 Å². The van der Waals surface area contributed by atoms with Crippen LogP contribution in [0.15, 0.2) is 42.5 Å². The van der Waals surface area contributed by atoms with Gasteiger partial charge in [-0.05, 0) is 30.2 Å². The van der Waals surface area contributed by atoms with Crippen LogP contribution in [0.4, 0.5) is 10.1 Å². The molecule has 7 nitrogen and oxygen atoms in total. The maximum Gasteiger partial charge on any atom is 0.324 e. The molecular formula is C16H17FN2O5S. The summed E-state index contributed by atoms with van der Waals surface area (Å²) in [5, 5.41) is 14.0. The lowest BCUT2D eigenvalue weighted by Gasteiger charge is -2.23. The van der Waals surface area contributed by atoms with Gasteiger partial charge in [-0.1, -0.05) is 30.3 Å². The van der Waals surface area contributed by atoms with Gasteiger partial charge >= 0.3 is 5.97 Å². The Labute approximate surface area is 144 Å². The largest absolute Gasteiger partial charge is 0.487 e. The van der Waals surface area contributed by atoms with E-state index in [-0.39, 0.29) is 16.7 Å². The number of ether oxygens (including phenoxy) is 1. The number of anilines is 1. The Hall–Kier alpha value is -2.65. The molecule has 0 fully saturated rings. The van der Waals surface area contributed by atoms with Crippen LogP contribution in [0.2, 0.25) is 0 Å². The zero-order valence-corrected chi connectivity index (χ0v) is 14.2. The average molecular weight is 368 g/mol. The van der Waals surface area contributed by atoms with Crippen LogP contribution in [0.5, 0.6) is 5.75 Å². The van der Waals surface area contributed by atoms with Crippen LogP contribution in [0, 0.1) is 12.7 Å². The number of carboxylic acid groups (broad SMARTS) is 1. The fraction of sp³-hybridized carbons (Fsp3) is 0.188. The van der Waals surface area contributed by atoms with E-state index in [1.807, 2.05) is 6.07 Å². The first kappa shape index (κ1) is 18.7. The minimum absolute atomic E-state index is 0.0439. The van der Waals surface area contributed by atoms with Gasteiger partial charge < -0.3 is 9.84 Å². The van der Waals surface area contributed by atoms with Gasteiger partial charge in [-0.25, -0.2) is 13.8 Å². The van der Waals surface area contributed by atoms with Gasteiger partial charge in [0.05, 0.1) is 0 Å². The second-order valence-corrected chi connectivity index (χ2v) is 6.78. The van der Waals surface area contributed by atoms with E-state index in [0.717, 1.165) is 11.6 Å². The van der Waals surface area contributed by atoms with E-state index in [9.17, 15) is 17.6 Å². The molecule has 0 spiro atoms. The number of nitrogens with two attached hydrogens (primary N) is 1. The van der Waals surface area contributed by atoms with Gasteiger partial charge in [-0.2, -0.15) is 8.42 Å². The molecule has 0 amide bonds. The van der Waals surface area contributed by atoms with Gasteiger partial charge in [0.25, 0.3) is 10.2 Å². The van der Waals surface area contributed by atoms with Crippen molar-refractivity contribution in [2.24, 2.45) is 5.14 Å². The molecule has 0 radical (unpaired) electrons. The molecule has 0 aliphatic carbocycles. The van der Waals surface area contributed by atoms with Gasteiger partial charge in [0, 0.05) is 0 Å². The number of hydrogen-bond acceptors (Lipinski definition) is 4. The van der Waals surface area contributed by atoms with Crippen molar-refractivity contribution in [2.45, 2.75) is 13.5 Å². The lowest BCUT2D eigenvalue weighted by atomic mass is 10.2. The van der Waals surface area contributed by atoms with Crippen molar-refractivity contribution in [1.82, 2.24) is 0 Å². The van der Waals surface area contributed by atoms with E-state index >= 15 is 0 Å². The van der Waals surface area contributed by atoms with Crippen LogP contribution < -0.4 is 14.2 Å². The van der Waals surface area contributed by atoms with E-state index in [0.29, 0.717) is 5.56 Å². The fourth-order valence-electron chi connectivity index (χ4n) is 2.21. The molecule has 0 aliphatic heterocycles. The molecule has 3 N–H and O–H groups in total. The third kappa shape index (κ3) is 4.91. The highest BCUT2D eigenvalue weighted by Crippen LogP contribution is 2.34. The summed E-state index contributed by atoms with van der Waals surface area (Å²) < 4.78 is 43.7. The Kier molecular flexibility index (Phi) is 5.60. The lowest BCUT2D eigenvalue weighted by molar-refractivity contribution is -0.135. The molecule has 9 heteroatoms. The van der Waals surface area contributed by atoms with Gasteiger partial charge in [-0.3, -0.25) is 4.79 Å². The number of carboxylic acids is 1. The van der Waals surface area contributed by atoms with E-state index < -0.39 is 34.2 Å². The topological polar surface area (TPSA) is 110 Å². The van der Waals surface area contributed by atoms with Crippen LogP contribution in [0.1, 0.15) is 11.1 Å². The molecule has 0 atom stereocenters. The van der Waals surface area contributed by atoms with Crippen molar-refractivity contribution in [1.29, 1.82) is 0 Å². The van der Waals surface area contributed by atoms with E-state index in [1.54, 1.807) is 31.2 Å². The minimum Gasteiger partial charge on any atom is -0.487 e. The molecule has 134 valence electrons. The minimum atomic E-state index is -4.52. The van der Waals surface area contributed by atoms with Gasteiger partial charge in [0.1, 0.15) is 24.6 Å². The highest BCUT2D eigenvalue weighted by molar-refractivity contribution is 7.90.